The van der Waals surface area contributed by atoms with E-state index in [2.05, 4.69) is 82.1 Å². The van der Waals surface area contributed by atoms with Crippen molar-refractivity contribution in [2.24, 2.45) is 0 Å². The maximum Gasteiger partial charge on any atom is 2.00 e. The van der Waals surface area contributed by atoms with Gasteiger partial charge in [0.1, 0.15) is 0 Å². The van der Waals surface area contributed by atoms with Crippen LogP contribution in [0.1, 0.15) is 6.92 Å². The molecule has 2 heterocycles. The van der Waals surface area contributed by atoms with E-state index in [0.717, 1.165) is 0 Å². The Bertz CT molecular complexity index is 892. The molecule has 0 bridgehead atoms. The van der Waals surface area contributed by atoms with Gasteiger partial charge in [-0.25, -0.2) is 0 Å². The van der Waals surface area contributed by atoms with Gasteiger partial charge in [-0.3, -0.25) is 0 Å². The first-order valence-electron chi connectivity index (χ1n) is 7.67. The van der Waals surface area contributed by atoms with Gasteiger partial charge in [0.15, 0.2) is 0 Å². The Labute approximate surface area is 182 Å². The Morgan fingerprint density at radius 2 is 1.04 bits per heavy atom. The summed E-state index contributed by atoms with van der Waals surface area (Å²) in [6.07, 6.45) is 0. The Morgan fingerprint density at radius 1 is 0.680 bits per heavy atom. The number of hydrogen-bond acceptors (Lipinski definition) is 0. The molecule has 25 heavy (non-hydrogen) atoms. The molecule has 0 nitrogen and oxygen atoms in total. The van der Waals surface area contributed by atoms with Gasteiger partial charge < -0.3 is 31.7 Å². The van der Waals surface area contributed by atoms with Crippen LogP contribution in [0.3, 0.4) is 0 Å². The van der Waals surface area contributed by atoms with Gasteiger partial charge in [0.2, 0.25) is 0 Å². The fraction of sp³-hybridized carbons (Fsp3) is 0.0500. The summed E-state index contributed by atoms with van der Waals surface area (Å²) >= 11 is 0. The molecule has 0 fully saturated rings. The first-order chi connectivity index (χ1) is 10.9. The molecule has 4 aromatic carbocycles. The van der Waals surface area contributed by atoms with Crippen molar-refractivity contribution in [3.63, 3.8) is 0 Å². The van der Waals surface area contributed by atoms with Gasteiger partial charge in [0.05, 0.1) is 14.6 Å². The van der Waals surface area contributed by atoms with E-state index in [1.54, 1.807) is 6.92 Å². The van der Waals surface area contributed by atoms with E-state index in [1.165, 1.54) is 43.4 Å². The summed E-state index contributed by atoms with van der Waals surface area (Å²) in [7, 11) is 4.45. The summed E-state index contributed by atoms with van der Waals surface area (Å²) in [5.74, 6) is 0. The zero-order chi connectivity index (χ0) is 15.1. The summed E-state index contributed by atoms with van der Waals surface area (Å²) in [4.78, 5) is 0. The van der Waals surface area contributed by atoms with Crippen molar-refractivity contribution in [3.05, 3.63) is 67.6 Å². The van der Waals surface area contributed by atoms with Gasteiger partial charge in [0.25, 0.3) is 0 Å². The normalized spacial score (nSPS) is 10.5. The molecular formula is C20H15B2Cl2Zr-3. The summed E-state index contributed by atoms with van der Waals surface area (Å²) in [6, 6.07) is 21.5. The number of rotatable bonds is 0. The smallest absolute Gasteiger partial charge is 1.00 e. The molecule has 4 aromatic rings. The quantitative estimate of drug-likeness (QED) is 0.167. The van der Waals surface area contributed by atoms with Crippen LogP contribution in [-0.4, -0.2) is 14.6 Å². The Morgan fingerprint density at radius 3 is 1.40 bits per heavy atom. The average molecular weight is 439 g/mol. The van der Waals surface area contributed by atoms with E-state index in [-0.39, 0.29) is 51.0 Å². The molecule has 0 amide bonds. The molecule has 0 saturated heterocycles. The molecule has 2 aliphatic rings. The first-order valence-corrected chi connectivity index (χ1v) is 7.67. The largest absolute Gasteiger partial charge is 2.00 e. The van der Waals surface area contributed by atoms with Crippen molar-refractivity contribution in [1.29, 1.82) is 0 Å². The minimum atomic E-state index is 0. The van der Waals surface area contributed by atoms with Crippen molar-refractivity contribution in [2.45, 2.75) is 6.92 Å². The van der Waals surface area contributed by atoms with Crippen LogP contribution in [-0.2, 0) is 26.2 Å². The van der Waals surface area contributed by atoms with E-state index < -0.39 is 0 Å². The third-order valence-electron chi connectivity index (χ3n) is 4.18. The van der Waals surface area contributed by atoms with Crippen LogP contribution in [0, 0.1) is 6.92 Å². The molecule has 0 aliphatic carbocycles. The van der Waals surface area contributed by atoms with E-state index >= 15 is 0 Å². The van der Waals surface area contributed by atoms with Crippen LogP contribution < -0.4 is 46.7 Å². The van der Waals surface area contributed by atoms with Gasteiger partial charge in [-0.15, -0.1) is 47.2 Å². The fourth-order valence-corrected chi connectivity index (χ4v) is 3.02. The second-order valence-electron chi connectivity index (χ2n) is 5.49. The maximum absolute atomic E-state index is 3.25. The van der Waals surface area contributed by atoms with Crippen LogP contribution in [0.2, 0.25) is 0 Å². The number of halogens is 2. The molecule has 0 saturated carbocycles. The summed E-state index contributed by atoms with van der Waals surface area (Å²) in [5.41, 5.74) is 5.77. The van der Waals surface area contributed by atoms with Gasteiger partial charge in [-0.1, -0.05) is 12.1 Å². The van der Waals surface area contributed by atoms with Crippen molar-refractivity contribution < 1.29 is 51.0 Å². The zero-order valence-electron chi connectivity index (χ0n) is 13.9. The number of benzene rings is 2. The molecule has 0 N–H and O–H groups in total. The van der Waals surface area contributed by atoms with Gasteiger partial charge in [-0.05, 0) is 0 Å². The second-order valence-corrected chi connectivity index (χ2v) is 5.49. The van der Waals surface area contributed by atoms with Crippen molar-refractivity contribution in [1.82, 2.24) is 0 Å². The van der Waals surface area contributed by atoms with Crippen LogP contribution in [0.5, 0.6) is 0 Å². The first kappa shape index (κ1) is 22.3. The molecular weight excluding hydrogens is 424 g/mol. The number of hydrogen-bond donors (Lipinski definition) is 0. The molecule has 0 spiro atoms. The minimum absolute atomic E-state index is 0. The van der Waals surface area contributed by atoms with Gasteiger partial charge in [-0.2, -0.15) is 51.7 Å². The zero-order valence-corrected chi connectivity index (χ0v) is 17.9. The third kappa shape index (κ3) is 4.33. The average Bonchev–Trinajstić information content (AvgIpc) is 3.47. The topological polar surface area (TPSA) is 0 Å². The van der Waals surface area contributed by atoms with Crippen LogP contribution in [0.15, 0.2) is 60.7 Å². The predicted octanol–water partition coefficient (Wildman–Crippen LogP) is -4.10. The van der Waals surface area contributed by atoms with E-state index in [4.69, 9.17) is 0 Å². The van der Waals surface area contributed by atoms with Crippen LogP contribution in [0.4, 0.5) is 0 Å². The molecule has 0 unspecified atom stereocenters. The van der Waals surface area contributed by atoms with Crippen LogP contribution >= 0.6 is 0 Å². The summed E-state index contributed by atoms with van der Waals surface area (Å²) in [6.45, 7) is 5.00. The maximum atomic E-state index is 3.25. The third-order valence-corrected chi connectivity index (χ3v) is 4.18. The van der Waals surface area contributed by atoms with E-state index in [9.17, 15) is 0 Å². The molecule has 122 valence electrons. The van der Waals surface area contributed by atoms with Crippen LogP contribution in [0.25, 0.3) is 21.5 Å². The minimum Gasteiger partial charge on any atom is -1.00 e. The standard InChI is InChI=1S/2C9H5B.C2H5.2ClH.Zr/c2*1-2-4-7-6(3-1)5-8-9(7)10-8;1-2;;;/h2*1-5H;1H2,2H3;2*1H;/q3*-1;;;+2/p-2. The molecule has 2 aliphatic heterocycles. The molecule has 2 radical (unpaired) electrons. The van der Waals surface area contributed by atoms with Crippen molar-refractivity contribution >= 4 is 58.0 Å². The van der Waals surface area contributed by atoms with Gasteiger partial charge in [0, 0.05) is 0 Å². The monoisotopic (exact) mass is 437 g/mol. The Balaban J connectivity index is 0.000000205. The predicted molar refractivity (Wildman–Crippen MR) is 100 cm³/mol. The Kier molecular flexibility index (Phi) is 8.26. The summed E-state index contributed by atoms with van der Waals surface area (Å²) < 4.78 is 0. The molecule has 0 aromatic heterocycles. The number of fused-ring (bicyclic) bond motifs is 6. The van der Waals surface area contributed by atoms with E-state index in [1.807, 2.05) is 0 Å². The molecule has 6 rings (SSSR count). The molecule has 0 atom stereocenters. The van der Waals surface area contributed by atoms with E-state index in [0.29, 0.717) is 0 Å². The summed E-state index contributed by atoms with van der Waals surface area (Å²) in [5, 5.41) is 5.60. The Hall–Kier alpha value is -0.747. The molecule has 5 heteroatoms. The fourth-order valence-electron chi connectivity index (χ4n) is 3.02. The van der Waals surface area contributed by atoms with Gasteiger partial charge >= 0.3 is 26.2 Å². The second kappa shape index (κ2) is 9.27. The van der Waals surface area contributed by atoms with Crippen molar-refractivity contribution in [3.8, 4) is 0 Å². The van der Waals surface area contributed by atoms with Crippen molar-refractivity contribution in [2.75, 3.05) is 0 Å². The SMILES string of the molecule is [B]1c2[cH-]c3ccccc3c21.[B]1c2[cH-]c3ccccc3c21.[CH2-]C.[Cl-].[Cl-].[Zr+2].